The van der Waals surface area contributed by atoms with Gasteiger partial charge in [-0.3, -0.25) is 4.57 Å². The van der Waals surface area contributed by atoms with Crippen molar-refractivity contribution in [1.29, 1.82) is 0 Å². The van der Waals surface area contributed by atoms with E-state index in [1.165, 1.54) is 4.57 Å². The van der Waals surface area contributed by atoms with E-state index in [9.17, 15) is 9.59 Å². The predicted molar refractivity (Wildman–Crippen MR) is 134 cm³/mol. The summed E-state index contributed by atoms with van der Waals surface area (Å²) in [5, 5.41) is 20.1. The van der Waals surface area contributed by atoms with E-state index in [1.807, 2.05) is 13.0 Å². The zero-order valence-electron chi connectivity index (χ0n) is 19.1. The first-order chi connectivity index (χ1) is 16.9. The molecular weight excluding hydrogens is 472 g/mol. The SMILES string of the molecule is C=C(Cl)/C=C\C(=C/C)Cn1c(Nc2ccc(Oc3cccnn3)cc2)nc(=O)n(CCCO)c1=O. The van der Waals surface area contributed by atoms with Gasteiger partial charge in [-0.1, -0.05) is 30.3 Å². The van der Waals surface area contributed by atoms with Crippen LogP contribution >= 0.6 is 11.6 Å². The molecule has 0 fully saturated rings. The lowest BCUT2D eigenvalue weighted by Gasteiger charge is -2.16. The first kappa shape index (κ1) is 25.6. The van der Waals surface area contributed by atoms with Crippen molar-refractivity contribution in [3.8, 4) is 11.6 Å². The van der Waals surface area contributed by atoms with Crippen LogP contribution in [-0.2, 0) is 13.1 Å². The Morgan fingerprint density at radius 1 is 1.20 bits per heavy atom. The first-order valence-electron chi connectivity index (χ1n) is 10.7. The second-order valence-electron chi connectivity index (χ2n) is 7.27. The topological polar surface area (TPSA) is 124 Å². The molecule has 0 atom stereocenters. The minimum atomic E-state index is -0.712. The number of halogens is 1. The molecule has 2 aromatic heterocycles. The minimum Gasteiger partial charge on any atom is -0.438 e. The Morgan fingerprint density at radius 3 is 2.60 bits per heavy atom. The average Bonchev–Trinajstić information content (AvgIpc) is 2.85. The number of anilines is 2. The van der Waals surface area contributed by atoms with E-state index >= 15 is 0 Å². The summed E-state index contributed by atoms with van der Waals surface area (Å²) in [6, 6.07) is 10.2. The van der Waals surface area contributed by atoms with Gasteiger partial charge in [0.05, 0.1) is 6.54 Å². The zero-order valence-corrected chi connectivity index (χ0v) is 19.9. The Bertz CT molecular complexity index is 1330. The monoisotopic (exact) mass is 496 g/mol. The summed E-state index contributed by atoms with van der Waals surface area (Å²) >= 11 is 5.83. The summed E-state index contributed by atoms with van der Waals surface area (Å²) in [6.45, 7) is 5.46. The van der Waals surface area contributed by atoms with Crippen molar-refractivity contribution >= 4 is 23.2 Å². The molecular formula is C24H25ClN6O4. The van der Waals surface area contributed by atoms with Gasteiger partial charge in [-0.2, -0.15) is 10.1 Å². The number of nitrogens with one attached hydrogen (secondary N) is 1. The van der Waals surface area contributed by atoms with Crippen LogP contribution in [0.3, 0.4) is 0 Å². The molecule has 0 unspecified atom stereocenters. The highest BCUT2D eigenvalue weighted by molar-refractivity contribution is 6.30. The standard InChI is InChI=1S/C24H25ClN6O4/c1-3-18(8-7-17(2)25)16-31-22(28-23(33)30(24(31)34)14-5-15-32)27-19-9-11-20(12-10-19)35-21-6-4-13-26-29-21/h3-4,6-13,32H,2,5,14-16H2,1H3,(H,27,28,33)/b8-7-,18-3+. The first-order valence-corrected chi connectivity index (χ1v) is 11.1. The molecule has 2 heterocycles. The van der Waals surface area contributed by atoms with E-state index in [0.29, 0.717) is 22.3 Å². The molecule has 0 radical (unpaired) electrons. The summed E-state index contributed by atoms with van der Waals surface area (Å²) < 4.78 is 7.98. The van der Waals surface area contributed by atoms with Crippen LogP contribution in [-0.4, -0.2) is 36.0 Å². The summed E-state index contributed by atoms with van der Waals surface area (Å²) in [7, 11) is 0. The molecule has 3 rings (SSSR count). The van der Waals surface area contributed by atoms with Crippen LogP contribution in [0.4, 0.5) is 11.6 Å². The maximum absolute atomic E-state index is 13.2. The lowest BCUT2D eigenvalue weighted by molar-refractivity contribution is 0.276. The van der Waals surface area contributed by atoms with Gasteiger partial charge in [-0.25, -0.2) is 14.2 Å². The molecule has 0 amide bonds. The number of rotatable bonds is 11. The van der Waals surface area contributed by atoms with Gasteiger partial charge in [0.25, 0.3) is 0 Å². The lowest BCUT2D eigenvalue weighted by atomic mass is 10.2. The number of hydrogen-bond donors (Lipinski definition) is 2. The van der Waals surface area contributed by atoms with Gasteiger partial charge in [0.2, 0.25) is 11.8 Å². The summed E-state index contributed by atoms with van der Waals surface area (Å²) in [5.74, 6) is 0.950. The van der Waals surface area contributed by atoms with E-state index in [2.05, 4.69) is 27.1 Å². The fourth-order valence-corrected chi connectivity index (χ4v) is 3.07. The van der Waals surface area contributed by atoms with Gasteiger partial charge in [0.15, 0.2) is 0 Å². The van der Waals surface area contributed by atoms with Crippen LogP contribution in [0.1, 0.15) is 13.3 Å². The highest BCUT2D eigenvalue weighted by Gasteiger charge is 2.14. The van der Waals surface area contributed by atoms with Crippen molar-refractivity contribution in [2.24, 2.45) is 0 Å². The fourth-order valence-electron chi connectivity index (χ4n) is 3.01. The summed E-state index contributed by atoms with van der Waals surface area (Å²) in [4.78, 5) is 29.8. The summed E-state index contributed by atoms with van der Waals surface area (Å²) in [5.41, 5.74) is 0.0627. The number of aliphatic hydroxyl groups is 1. The van der Waals surface area contributed by atoms with Crippen LogP contribution < -0.4 is 21.4 Å². The largest absolute Gasteiger partial charge is 0.438 e. The Labute approximate surface area is 206 Å². The Kier molecular flexibility index (Phi) is 9.10. The van der Waals surface area contributed by atoms with E-state index < -0.39 is 11.4 Å². The highest BCUT2D eigenvalue weighted by atomic mass is 35.5. The molecule has 11 heteroatoms. The van der Waals surface area contributed by atoms with Crippen molar-refractivity contribution in [2.75, 3.05) is 11.9 Å². The van der Waals surface area contributed by atoms with Crippen LogP contribution in [0.15, 0.2) is 87.6 Å². The van der Waals surface area contributed by atoms with Crippen molar-refractivity contribution < 1.29 is 9.84 Å². The third-order valence-electron chi connectivity index (χ3n) is 4.76. The van der Waals surface area contributed by atoms with Gasteiger partial charge in [-0.15, -0.1) is 5.10 Å². The number of hydrogen-bond acceptors (Lipinski definition) is 8. The number of benzene rings is 1. The third kappa shape index (κ3) is 7.23. The van der Waals surface area contributed by atoms with E-state index in [1.54, 1.807) is 54.7 Å². The molecule has 35 heavy (non-hydrogen) atoms. The Hall–Kier alpha value is -4.02. The van der Waals surface area contributed by atoms with Crippen LogP contribution in [0.2, 0.25) is 0 Å². The van der Waals surface area contributed by atoms with Crippen molar-refractivity contribution in [1.82, 2.24) is 24.3 Å². The number of aromatic nitrogens is 5. The van der Waals surface area contributed by atoms with E-state index in [4.69, 9.17) is 21.4 Å². The molecule has 1 aromatic carbocycles. The second kappa shape index (κ2) is 12.4. The van der Waals surface area contributed by atoms with Crippen LogP contribution in [0.25, 0.3) is 0 Å². The van der Waals surface area contributed by atoms with Crippen molar-refractivity contribution in [2.45, 2.75) is 26.4 Å². The second-order valence-corrected chi connectivity index (χ2v) is 7.76. The molecule has 0 aliphatic rings. The van der Waals surface area contributed by atoms with Crippen molar-refractivity contribution in [3.63, 3.8) is 0 Å². The number of allylic oxidation sites excluding steroid dienone is 5. The minimum absolute atomic E-state index is 0.0510. The molecule has 0 aliphatic carbocycles. The smallest absolute Gasteiger partial charge is 0.354 e. The third-order valence-corrected chi connectivity index (χ3v) is 4.89. The maximum atomic E-state index is 13.2. The molecule has 0 spiro atoms. The number of ether oxygens (including phenoxy) is 1. The zero-order chi connectivity index (χ0) is 25.2. The van der Waals surface area contributed by atoms with Crippen molar-refractivity contribution in [3.05, 3.63) is 99.0 Å². The number of aliphatic hydroxyl groups excluding tert-OH is 1. The lowest BCUT2D eigenvalue weighted by Crippen LogP contribution is -2.43. The van der Waals surface area contributed by atoms with Gasteiger partial charge in [-0.05, 0) is 55.3 Å². The highest BCUT2D eigenvalue weighted by Crippen LogP contribution is 2.22. The Balaban J connectivity index is 1.93. The predicted octanol–water partition coefficient (Wildman–Crippen LogP) is 3.37. The molecule has 182 valence electrons. The molecule has 0 aliphatic heterocycles. The fraction of sp³-hybridized carbons (Fsp3) is 0.208. The van der Waals surface area contributed by atoms with Gasteiger partial charge in [0.1, 0.15) is 5.75 Å². The van der Waals surface area contributed by atoms with Gasteiger partial charge in [0, 0.05) is 36.1 Å². The van der Waals surface area contributed by atoms with E-state index in [0.717, 1.165) is 10.1 Å². The molecule has 0 bridgehead atoms. The van der Waals surface area contributed by atoms with Crippen LogP contribution in [0, 0.1) is 0 Å². The average molecular weight is 497 g/mol. The molecule has 3 aromatic rings. The molecule has 0 saturated heterocycles. The molecule has 10 nitrogen and oxygen atoms in total. The van der Waals surface area contributed by atoms with Crippen LogP contribution in [0.5, 0.6) is 11.6 Å². The maximum Gasteiger partial charge on any atom is 0.354 e. The van der Waals surface area contributed by atoms with Gasteiger partial charge >= 0.3 is 11.4 Å². The Morgan fingerprint density at radius 2 is 1.97 bits per heavy atom. The van der Waals surface area contributed by atoms with E-state index in [-0.39, 0.29) is 32.1 Å². The molecule has 0 saturated carbocycles. The number of nitrogens with zero attached hydrogens (tertiary/aromatic N) is 5. The quantitative estimate of drug-likeness (QED) is 0.387. The van der Waals surface area contributed by atoms with Gasteiger partial charge < -0.3 is 15.2 Å². The molecule has 2 N–H and O–H groups in total. The normalized spacial score (nSPS) is 11.6. The summed E-state index contributed by atoms with van der Waals surface area (Å²) in [6.07, 6.45) is 6.95.